The molecule has 0 spiro atoms. The molecular weight excluding hydrogens is 266 g/mol. The zero-order valence-corrected chi connectivity index (χ0v) is 10.7. The average molecular weight is 280 g/mol. The largest absolute Gasteiger partial charge is 0.449 e. The lowest BCUT2D eigenvalue weighted by Gasteiger charge is -2.22. The summed E-state index contributed by atoms with van der Waals surface area (Å²) in [6.45, 7) is 6.26. The van der Waals surface area contributed by atoms with E-state index in [9.17, 15) is 13.6 Å². The van der Waals surface area contributed by atoms with Gasteiger partial charge in [0.2, 0.25) is 0 Å². The molecular formula is C15H14F2O3. The van der Waals surface area contributed by atoms with E-state index in [4.69, 9.17) is 9.47 Å². The molecule has 0 aromatic heterocycles. The Labute approximate surface area is 115 Å². The first-order chi connectivity index (χ1) is 9.49. The summed E-state index contributed by atoms with van der Waals surface area (Å²) in [4.78, 5) is 11.2. The summed E-state index contributed by atoms with van der Waals surface area (Å²) in [5.41, 5.74) is 0.761. The fourth-order valence-electron chi connectivity index (χ4n) is 1.92. The molecule has 0 radical (unpaired) electrons. The van der Waals surface area contributed by atoms with Crippen molar-refractivity contribution in [2.45, 2.75) is 24.2 Å². The number of rotatable bonds is 6. The normalized spacial score (nSPS) is 22.7. The van der Waals surface area contributed by atoms with Crippen LogP contribution in [0.4, 0.5) is 8.78 Å². The van der Waals surface area contributed by atoms with Gasteiger partial charge in [-0.25, -0.2) is 4.79 Å². The van der Waals surface area contributed by atoms with Gasteiger partial charge in [0.15, 0.2) is 6.10 Å². The minimum Gasteiger partial charge on any atom is -0.449 e. The van der Waals surface area contributed by atoms with Crippen LogP contribution in [0, 0.1) is 0 Å². The van der Waals surface area contributed by atoms with Gasteiger partial charge in [0, 0.05) is 6.08 Å². The number of alkyl halides is 2. The quantitative estimate of drug-likeness (QED) is 0.348. The SMILES string of the molecule is C=CC(=O)O[C@H](C1O[C@H]1c1ccccc1)C(F)(F)C=C. The van der Waals surface area contributed by atoms with Crippen molar-refractivity contribution >= 4 is 5.97 Å². The number of halogens is 2. The molecule has 0 N–H and O–H groups in total. The van der Waals surface area contributed by atoms with E-state index in [2.05, 4.69) is 13.2 Å². The van der Waals surface area contributed by atoms with E-state index < -0.39 is 30.2 Å². The minimum atomic E-state index is -3.37. The van der Waals surface area contributed by atoms with Crippen molar-refractivity contribution in [2.75, 3.05) is 0 Å². The number of hydrogen-bond donors (Lipinski definition) is 0. The van der Waals surface area contributed by atoms with Crippen LogP contribution in [0.5, 0.6) is 0 Å². The van der Waals surface area contributed by atoms with E-state index in [1.165, 1.54) is 0 Å². The molecule has 0 amide bonds. The third-order valence-electron chi connectivity index (χ3n) is 3.01. The highest BCUT2D eigenvalue weighted by molar-refractivity contribution is 5.81. The molecule has 0 saturated carbocycles. The summed E-state index contributed by atoms with van der Waals surface area (Å²) < 4.78 is 37.6. The van der Waals surface area contributed by atoms with Gasteiger partial charge in [-0.1, -0.05) is 43.5 Å². The zero-order valence-electron chi connectivity index (χ0n) is 10.7. The summed E-state index contributed by atoms with van der Waals surface area (Å²) in [6, 6.07) is 8.91. The van der Waals surface area contributed by atoms with Gasteiger partial charge < -0.3 is 9.47 Å². The van der Waals surface area contributed by atoms with Crippen LogP contribution in [-0.2, 0) is 14.3 Å². The van der Waals surface area contributed by atoms with Crippen LogP contribution in [0.2, 0.25) is 0 Å². The molecule has 5 heteroatoms. The first-order valence-electron chi connectivity index (χ1n) is 6.04. The van der Waals surface area contributed by atoms with Crippen molar-refractivity contribution < 1.29 is 23.0 Å². The molecule has 1 unspecified atom stereocenters. The lowest BCUT2D eigenvalue weighted by Crippen LogP contribution is -2.40. The van der Waals surface area contributed by atoms with E-state index in [0.29, 0.717) is 6.08 Å². The number of esters is 1. The maximum Gasteiger partial charge on any atom is 0.330 e. The highest BCUT2D eigenvalue weighted by Gasteiger charge is 2.57. The fraction of sp³-hybridized carbons (Fsp3) is 0.267. The Bertz CT molecular complexity index is 513. The van der Waals surface area contributed by atoms with Gasteiger partial charge in [0.05, 0.1) is 0 Å². The van der Waals surface area contributed by atoms with Crippen molar-refractivity contribution in [1.29, 1.82) is 0 Å². The molecule has 106 valence electrons. The van der Waals surface area contributed by atoms with Gasteiger partial charge in [-0.3, -0.25) is 0 Å². The topological polar surface area (TPSA) is 38.8 Å². The van der Waals surface area contributed by atoms with Crippen LogP contribution in [-0.4, -0.2) is 24.1 Å². The molecule has 1 saturated heterocycles. The molecule has 0 bridgehead atoms. The second-order valence-electron chi connectivity index (χ2n) is 4.37. The van der Waals surface area contributed by atoms with E-state index in [1.54, 1.807) is 24.3 Å². The second kappa shape index (κ2) is 5.54. The van der Waals surface area contributed by atoms with Crippen LogP contribution in [0.25, 0.3) is 0 Å². The molecule has 1 fully saturated rings. The third kappa shape index (κ3) is 2.93. The van der Waals surface area contributed by atoms with Crippen molar-refractivity contribution in [3.05, 3.63) is 61.2 Å². The van der Waals surface area contributed by atoms with Crippen molar-refractivity contribution in [1.82, 2.24) is 0 Å². The molecule has 2 rings (SSSR count). The van der Waals surface area contributed by atoms with Crippen LogP contribution in [0.15, 0.2) is 55.6 Å². The monoisotopic (exact) mass is 280 g/mol. The first-order valence-corrected chi connectivity index (χ1v) is 6.04. The third-order valence-corrected chi connectivity index (χ3v) is 3.01. The lowest BCUT2D eigenvalue weighted by atomic mass is 10.0. The zero-order chi connectivity index (χ0) is 14.8. The smallest absolute Gasteiger partial charge is 0.330 e. The molecule has 3 nitrogen and oxygen atoms in total. The van der Waals surface area contributed by atoms with Crippen molar-refractivity contribution in [3.8, 4) is 0 Å². The van der Waals surface area contributed by atoms with Gasteiger partial charge in [0.1, 0.15) is 12.2 Å². The van der Waals surface area contributed by atoms with Crippen LogP contribution < -0.4 is 0 Å². The molecule has 1 heterocycles. The molecule has 1 aromatic rings. The standard InChI is InChI=1S/C15H14F2O3/c1-3-11(18)19-14(15(16,17)4-2)13-12(20-13)10-8-6-5-7-9-10/h3-9,12-14H,1-2H2/t12-,13?,14+/m0/s1. The Morgan fingerprint density at radius 3 is 2.55 bits per heavy atom. The van der Waals surface area contributed by atoms with Crippen LogP contribution >= 0.6 is 0 Å². The fourth-order valence-corrected chi connectivity index (χ4v) is 1.92. The molecule has 1 aliphatic rings. The maximum absolute atomic E-state index is 13.8. The number of benzene rings is 1. The highest BCUT2D eigenvalue weighted by Crippen LogP contribution is 2.46. The molecule has 1 aliphatic heterocycles. The summed E-state index contributed by atoms with van der Waals surface area (Å²) in [6.07, 6.45) is -1.82. The van der Waals surface area contributed by atoms with E-state index in [0.717, 1.165) is 11.6 Å². The summed E-state index contributed by atoms with van der Waals surface area (Å²) in [7, 11) is 0. The van der Waals surface area contributed by atoms with E-state index in [-0.39, 0.29) is 0 Å². The number of ether oxygens (including phenoxy) is 2. The molecule has 0 aliphatic carbocycles. The Balaban J connectivity index is 2.15. The first kappa shape index (κ1) is 14.4. The predicted octanol–water partition coefficient (Wildman–Crippen LogP) is 3.05. The van der Waals surface area contributed by atoms with Crippen LogP contribution in [0.3, 0.4) is 0 Å². The number of carbonyl (C=O) groups is 1. The minimum absolute atomic E-state index is 0.456. The van der Waals surface area contributed by atoms with Crippen molar-refractivity contribution in [2.24, 2.45) is 0 Å². The van der Waals surface area contributed by atoms with Gasteiger partial charge in [-0.15, -0.1) is 0 Å². The lowest BCUT2D eigenvalue weighted by molar-refractivity contribution is -0.162. The average Bonchev–Trinajstić information content (AvgIpc) is 3.25. The maximum atomic E-state index is 13.8. The van der Waals surface area contributed by atoms with E-state index in [1.807, 2.05) is 6.07 Å². The van der Waals surface area contributed by atoms with Gasteiger partial charge >= 0.3 is 11.9 Å². The van der Waals surface area contributed by atoms with Gasteiger partial charge in [-0.2, -0.15) is 8.78 Å². The number of carbonyl (C=O) groups excluding carboxylic acids is 1. The Morgan fingerprint density at radius 1 is 1.35 bits per heavy atom. The Morgan fingerprint density at radius 2 is 2.00 bits per heavy atom. The molecule has 3 atom stereocenters. The van der Waals surface area contributed by atoms with E-state index >= 15 is 0 Å². The van der Waals surface area contributed by atoms with Crippen LogP contribution in [0.1, 0.15) is 11.7 Å². The van der Waals surface area contributed by atoms with Gasteiger partial charge in [0.25, 0.3) is 0 Å². The van der Waals surface area contributed by atoms with Gasteiger partial charge in [-0.05, 0) is 11.6 Å². The number of epoxide rings is 1. The number of hydrogen-bond acceptors (Lipinski definition) is 3. The molecule has 1 aromatic carbocycles. The summed E-state index contributed by atoms with van der Waals surface area (Å²) in [5, 5.41) is 0. The Hall–Kier alpha value is -2.01. The Kier molecular flexibility index (Phi) is 3.99. The van der Waals surface area contributed by atoms with Crippen molar-refractivity contribution in [3.63, 3.8) is 0 Å². The summed E-state index contributed by atoms with van der Waals surface area (Å²) >= 11 is 0. The second-order valence-corrected chi connectivity index (χ2v) is 4.37. The molecule has 20 heavy (non-hydrogen) atoms. The highest BCUT2D eigenvalue weighted by atomic mass is 19.3. The predicted molar refractivity (Wildman–Crippen MR) is 69.3 cm³/mol. The summed E-state index contributed by atoms with van der Waals surface area (Å²) in [5.74, 6) is -4.29.